The molecule has 0 aliphatic rings. The molecule has 21 heavy (non-hydrogen) atoms. The number of alkyl carbamates (subject to hydrolysis) is 1. The highest BCUT2D eigenvalue weighted by molar-refractivity contribution is 5.80. The Morgan fingerprint density at radius 2 is 2.14 bits per heavy atom. The molecular formula is C16H19NO4. The van der Waals surface area contributed by atoms with Gasteiger partial charge in [0.25, 0.3) is 0 Å². The van der Waals surface area contributed by atoms with Crippen molar-refractivity contribution in [3.63, 3.8) is 0 Å². The molecule has 0 atom stereocenters. The molecule has 2 N–H and O–H groups in total. The minimum atomic E-state index is -0.531. The molecule has 1 rings (SSSR count). The van der Waals surface area contributed by atoms with E-state index in [0.29, 0.717) is 24.8 Å². The lowest BCUT2D eigenvalue weighted by molar-refractivity contribution is 0.0529. The summed E-state index contributed by atoms with van der Waals surface area (Å²) in [4.78, 5) is 22.0. The number of aromatic hydroxyl groups is 1. The number of carbonyl (C=O) groups is 2. The van der Waals surface area contributed by atoms with Gasteiger partial charge in [0.15, 0.2) is 6.29 Å². The maximum atomic E-state index is 11.4. The van der Waals surface area contributed by atoms with Gasteiger partial charge in [-0.1, -0.05) is 17.9 Å². The fourth-order valence-electron chi connectivity index (χ4n) is 1.46. The van der Waals surface area contributed by atoms with Crippen LogP contribution in [0.5, 0.6) is 5.75 Å². The van der Waals surface area contributed by atoms with Gasteiger partial charge in [-0.25, -0.2) is 4.79 Å². The van der Waals surface area contributed by atoms with E-state index in [4.69, 9.17) is 4.74 Å². The summed E-state index contributed by atoms with van der Waals surface area (Å²) in [6, 6.07) is 4.78. The van der Waals surface area contributed by atoms with Crippen molar-refractivity contribution in [2.24, 2.45) is 0 Å². The zero-order chi connectivity index (χ0) is 15.9. The average molecular weight is 289 g/mol. The molecule has 0 spiro atoms. The highest BCUT2D eigenvalue weighted by Crippen LogP contribution is 2.19. The molecule has 5 nitrogen and oxygen atoms in total. The quantitative estimate of drug-likeness (QED) is 0.509. The van der Waals surface area contributed by atoms with Crippen LogP contribution in [0.4, 0.5) is 4.79 Å². The SMILES string of the molecule is CC(C)(C)OC(=O)NCCC#Cc1cccc(C=O)c1O. The zero-order valence-corrected chi connectivity index (χ0v) is 12.4. The topological polar surface area (TPSA) is 75.6 Å². The molecule has 5 heteroatoms. The third-order valence-electron chi connectivity index (χ3n) is 2.34. The molecule has 0 fully saturated rings. The van der Waals surface area contributed by atoms with Crippen LogP contribution >= 0.6 is 0 Å². The number of para-hydroxylation sites is 1. The predicted octanol–water partition coefficient (Wildman–Crippen LogP) is 2.47. The van der Waals surface area contributed by atoms with E-state index in [-0.39, 0.29) is 11.3 Å². The van der Waals surface area contributed by atoms with Crippen LogP contribution in [0.3, 0.4) is 0 Å². The number of carbonyl (C=O) groups excluding carboxylic acids is 2. The summed E-state index contributed by atoms with van der Waals surface area (Å²) in [6.45, 7) is 5.70. The number of aldehydes is 1. The predicted molar refractivity (Wildman–Crippen MR) is 79.2 cm³/mol. The van der Waals surface area contributed by atoms with Gasteiger partial charge in [-0.3, -0.25) is 4.79 Å². The van der Waals surface area contributed by atoms with Crippen molar-refractivity contribution >= 4 is 12.4 Å². The van der Waals surface area contributed by atoms with Crippen LogP contribution in [0, 0.1) is 11.8 Å². The van der Waals surface area contributed by atoms with E-state index in [1.807, 2.05) is 0 Å². The largest absolute Gasteiger partial charge is 0.506 e. The minimum absolute atomic E-state index is 0.125. The lowest BCUT2D eigenvalue weighted by Gasteiger charge is -2.19. The van der Waals surface area contributed by atoms with Gasteiger partial charge in [-0.05, 0) is 32.9 Å². The fraction of sp³-hybridized carbons (Fsp3) is 0.375. The monoisotopic (exact) mass is 289 g/mol. The molecule has 1 aromatic rings. The van der Waals surface area contributed by atoms with E-state index < -0.39 is 11.7 Å². The Balaban J connectivity index is 2.48. The maximum Gasteiger partial charge on any atom is 0.407 e. The molecule has 0 aliphatic carbocycles. The van der Waals surface area contributed by atoms with Crippen LogP contribution in [0.2, 0.25) is 0 Å². The summed E-state index contributed by atoms with van der Waals surface area (Å²) in [6.07, 6.45) is 0.490. The number of hydrogen-bond donors (Lipinski definition) is 2. The Morgan fingerprint density at radius 3 is 2.76 bits per heavy atom. The summed E-state index contributed by atoms with van der Waals surface area (Å²) in [5, 5.41) is 12.3. The van der Waals surface area contributed by atoms with Crippen LogP contribution in [0.1, 0.15) is 43.1 Å². The van der Waals surface area contributed by atoms with Crippen LogP contribution in [0.25, 0.3) is 0 Å². The van der Waals surface area contributed by atoms with Crippen molar-refractivity contribution < 1.29 is 19.4 Å². The molecule has 0 radical (unpaired) electrons. The van der Waals surface area contributed by atoms with Gasteiger partial charge in [0.05, 0.1) is 11.1 Å². The number of benzene rings is 1. The van der Waals surface area contributed by atoms with E-state index in [2.05, 4.69) is 17.2 Å². The Morgan fingerprint density at radius 1 is 1.43 bits per heavy atom. The normalized spacial score (nSPS) is 10.2. The Labute approximate surface area is 124 Å². The second-order valence-corrected chi connectivity index (χ2v) is 5.34. The van der Waals surface area contributed by atoms with E-state index in [9.17, 15) is 14.7 Å². The van der Waals surface area contributed by atoms with Crippen molar-refractivity contribution in [3.8, 4) is 17.6 Å². The van der Waals surface area contributed by atoms with Crippen molar-refractivity contribution in [2.45, 2.75) is 32.8 Å². The van der Waals surface area contributed by atoms with Crippen molar-refractivity contribution in [3.05, 3.63) is 29.3 Å². The first-order valence-corrected chi connectivity index (χ1v) is 6.56. The second kappa shape index (κ2) is 7.34. The van der Waals surface area contributed by atoms with Crippen molar-refractivity contribution in [1.82, 2.24) is 5.32 Å². The van der Waals surface area contributed by atoms with Gasteiger partial charge in [0, 0.05) is 13.0 Å². The zero-order valence-electron chi connectivity index (χ0n) is 12.4. The number of amides is 1. The van der Waals surface area contributed by atoms with E-state index in [1.165, 1.54) is 6.07 Å². The summed E-state index contributed by atoms with van der Waals surface area (Å²) >= 11 is 0. The fourth-order valence-corrected chi connectivity index (χ4v) is 1.46. The van der Waals surface area contributed by atoms with E-state index in [1.54, 1.807) is 32.9 Å². The number of phenolic OH excluding ortho intramolecular Hbond substituents is 1. The van der Waals surface area contributed by atoms with Gasteiger partial charge in [0.2, 0.25) is 0 Å². The summed E-state index contributed by atoms with van der Waals surface area (Å²) < 4.78 is 5.07. The number of nitrogens with one attached hydrogen (secondary N) is 1. The molecule has 0 bridgehead atoms. The second-order valence-electron chi connectivity index (χ2n) is 5.34. The molecule has 1 amide bonds. The van der Waals surface area contributed by atoms with Crippen molar-refractivity contribution in [1.29, 1.82) is 0 Å². The van der Waals surface area contributed by atoms with Gasteiger partial charge in [-0.2, -0.15) is 0 Å². The van der Waals surface area contributed by atoms with Crippen molar-refractivity contribution in [2.75, 3.05) is 6.54 Å². The molecule has 112 valence electrons. The molecule has 0 unspecified atom stereocenters. The molecule has 0 saturated heterocycles. The molecule has 1 aromatic carbocycles. The Bertz CT molecular complexity index is 576. The van der Waals surface area contributed by atoms with E-state index >= 15 is 0 Å². The van der Waals surface area contributed by atoms with E-state index in [0.717, 1.165) is 0 Å². The van der Waals surface area contributed by atoms with Gasteiger partial charge in [-0.15, -0.1) is 0 Å². The Hall–Kier alpha value is -2.48. The lowest BCUT2D eigenvalue weighted by atomic mass is 10.1. The van der Waals surface area contributed by atoms with Crippen LogP contribution in [-0.2, 0) is 4.74 Å². The number of ether oxygens (including phenoxy) is 1. The molecular weight excluding hydrogens is 270 g/mol. The maximum absolute atomic E-state index is 11.4. The van der Waals surface area contributed by atoms with Crippen LogP contribution in [-0.4, -0.2) is 29.6 Å². The number of hydrogen-bond acceptors (Lipinski definition) is 4. The summed E-state index contributed by atoms with van der Waals surface area (Å²) in [5.41, 5.74) is 0.0575. The number of rotatable bonds is 3. The van der Waals surface area contributed by atoms with Gasteiger partial charge >= 0.3 is 6.09 Å². The highest BCUT2D eigenvalue weighted by Gasteiger charge is 2.15. The van der Waals surface area contributed by atoms with Crippen LogP contribution < -0.4 is 5.32 Å². The average Bonchev–Trinajstić information content (AvgIpc) is 2.38. The third-order valence-corrected chi connectivity index (χ3v) is 2.34. The third kappa shape index (κ3) is 6.00. The molecule has 0 aromatic heterocycles. The summed E-state index contributed by atoms with van der Waals surface area (Å²) in [7, 11) is 0. The summed E-state index contributed by atoms with van der Waals surface area (Å²) in [5.74, 6) is 5.45. The first kappa shape index (κ1) is 16.6. The van der Waals surface area contributed by atoms with Gasteiger partial charge in [0.1, 0.15) is 11.4 Å². The molecule has 0 aliphatic heterocycles. The molecule has 0 saturated carbocycles. The lowest BCUT2D eigenvalue weighted by Crippen LogP contribution is -2.32. The number of phenols is 1. The standard InChI is InChI=1S/C16H19NO4/c1-16(2,3)21-15(20)17-10-5-4-7-12-8-6-9-13(11-18)14(12)19/h6,8-9,11,19H,5,10H2,1-3H3,(H,17,20). The first-order valence-electron chi connectivity index (χ1n) is 6.56. The minimum Gasteiger partial charge on any atom is -0.506 e. The molecule has 0 heterocycles. The first-order chi connectivity index (χ1) is 9.83. The Kier molecular flexibility index (Phi) is 5.79. The highest BCUT2D eigenvalue weighted by atomic mass is 16.6. The van der Waals surface area contributed by atoms with Gasteiger partial charge < -0.3 is 15.2 Å². The smallest absolute Gasteiger partial charge is 0.407 e. The van der Waals surface area contributed by atoms with Crippen LogP contribution in [0.15, 0.2) is 18.2 Å².